The summed E-state index contributed by atoms with van der Waals surface area (Å²) in [5.74, 6) is -0.112. The van der Waals surface area contributed by atoms with E-state index in [2.05, 4.69) is 4.98 Å². The Morgan fingerprint density at radius 3 is 3.00 bits per heavy atom. The summed E-state index contributed by atoms with van der Waals surface area (Å²) in [5.41, 5.74) is 1.31. The van der Waals surface area contributed by atoms with E-state index in [4.69, 9.17) is 10.00 Å². The molecular weight excluding hydrogens is 224 g/mol. The zero-order valence-electron chi connectivity index (χ0n) is 9.19. The number of nitrogens with zero attached hydrogens (tertiary/aromatic N) is 2. The van der Waals surface area contributed by atoms with Gasteiger partial charge in [0.05, 0.1) is 17.9 Å². The van der Waals surface area contributed by atoms with Crippen molar-refractivity contribution in [2.45, 2.75) is 18.9 Å². The van der Waals surface area contributed by atoms with Crippen LogP contribution in [-0.4, -0.2) is 23.3 Å². The molecule has 0 spiro atoms. The van der Waals surface area contributed by atoms with Gasteiger partial charge in [0.15, 0.2) is 0 Å². The molecule has 5 heteroatoms. The van der Waals surface area contributed by atoms with E-state index in [1.165, 1.54) is 11.8 Å². The molecule has 0 fully saturated rings. The summed E-state index contributed by atoms with van der Waals surface area (Å²) >= 11 is 1.23. The molecule has 0 amide bonds. The average molecular weight is 236 g/mol. The Bertz CT molecular complexity index is 426. The average Bonchev–Trinajstić information content (AvgIpc) is 2.27. The predicted octanol–water partition coefficient (Wildman–Crippen LogP) is 1.92. The molecule has 0 aliphatic carbocycles. The zero-order valence-corrected chi connectivity index (χ0v) is 10.0. The molecule has 0 aliphatic heterocycles. The van der Waals surface area contributed by atoms with Crippen molar-refractivity contribution in [1.29, 1.82) is 5.26 Å². The third kappa shape index (κ3) is 3.55. The van der Waals surface area contributed by atoms with Crippen LogP contribution in [0.4, 0.5) is 0 Å². The van der Waals surface area contributed by atoms with Crippen LogP contribution in [0.2, 0.25) is 0 Å². The third-order valence-electron chi connectivity index (χ3n) is 1.75. The molecule has 4 nitrogen and oxygen atoms in total. The maximum absolute atomic E-state index is 11.1. The molecule has 0 saturated carbocycles. The van der Waals surface area contributed by atoms with E-state index < -0.39 is 0 Å². The van der Waals surface area contributed by atoms with Gasteiger partial charge < -0.3 is 4.74 Å². The molecule has 0 aromatic carbocycles. The summed E-state index contributed by atoms with van der Waals surface area (Å²) in [6, 6.07) is 5.52. The maximum atomic E-state index is 11.1. The Kier molecular flexibility index (Phi) is 4.80. The first kappa shape index (κ1) is 12.5. The molecule has 0 N–H and O–H groups in total. The second-order valence-corrected chi connectivity index (χ2v) is 3.97. The minimum absolute atomic E-state index is 0.180. The monoisotopic (exact) mass is 236 g/mol. The highest BCUT2D eigenvalue weighted by Crippen LogP contribution is 2.20. The third-order valence-corrected chi connectivity index (χ3v) is 2.72. The van der Waals surface area contributed by atoms with Gasteiger partial charge in [-0.3, -0.25) is 4.79 Å². The van der Waals surface area contributed by atoms with Gasteiger partial charge in [0.1, 0.15) is 11.1 Å². The van der Waals surface area contributed by atoms with E-state index in [0.717, 1.165) is 5.69 Å². The molecular formula is C11H12N2O2S. The van der Waals surface area contributed by atoms with Crippen LogP contribution in [0.25, 0.3) is 0 Å². The van der Waals surface area contributed by atoms with Crippen molar-refractivity contribution in [2.75, 3.05) is 12.4 Å². The van der Waals surface area contributed by atoms with Crippen molar-refractivity contribution in [1.82, 2.24) is 4.98 Å². The number of thioether (sulfide) groups is 1. The van der Waals surface area contributed by atoms with E-state index in [1.807, 2.05) is 13.0 Å². The lowest BCUT2D eigenvalue weighted by molar-refractivity contribution is -0.139. The van der Waals surface area contributed by atoms with E-state index >= 15 is 0 Å². The molecule has 0 saturated heterocycles. The van der Waals surface area contributed by atoms with Gasteiger partial charge in [-0.15, -0.1) is 0 Å². The van der Waals surface area contributed by atoms with Crippen molar-refractivity contribution in [3.63, 3.8) is 0 Å². The molecule has 16 heavy (non-hydrogen) atoms. The van der Waals surface area contributed by atoms with E-state index in [0.29, 0.717) is 17.2 Å². The zero-order chi connectivity index (χ0) is 12.0. The molecule has 84 valence electrons. The van der Waals surface area contributed by atoms with Crippen molar-refractivity contribution >= 4 is 17.7 Å². The van der Waals surface area contributed by atoms with Crippen molar-refractivity contribution in [2.24, 2.45) is 0 Å². The maximum Gasteiger partial charge on any atom is 0.316 e. The van der Waals surface area contributed by atoms with Gasteiger partial charge in [-0.1, -0.05) is 11.8 Å². The first-order valence-electron chi connectivity index (χ1n) is 4.83. The topological polar surface area (TPSA) is 63.0 Å². The Morgan fingerprint density at radius 1 is 1.62 bits per heavy atom. The lowest BCUT2D eigenvalue weighted by atomic mass is 10.3. The minimum Gasteiger partial charge on any atom is -0.465 e. The SMILES string of the molecule is CCOC(=O)CSc1nc(C)ccc1C#N. The molecule has 0 radical (unpaired) electrons. The smallest absolute Gasteiger partial charge is 0.316 e. The number of ether oxygens (including phenoxy) is 1. The van der Waals surface area contributed by atoms with Crippen LogP contribution in [0.5, 0.6) is 0 Å². The molecule has 0 aliphatic rings. The van der Waals surface area contributed by atoms with Gasteiger partial charge >= 0.3 is 5.97 Å². The van der Waals surface area contributed by atoms with Gasteiger partial charge in [0.25, 0.3) is 0 Å². The van der Waals surface area contributed by atoms with E-state index in [9.17, 15) is 4.79 Å². The van der Waals surface area contributed by atoms with Crippen LogP contribution < -0.4 is 0 Å². The number of rotatable bonds is 4. The summed E-state index contributed by atoms with van der Waals surface area (Å²) in [7, 11) is 0. The van der Waals surface area contributed by atoms with Crippen molar-refractivity contribution in [3.05, 3.63) is 23.4 Å². The number of nitriles is 1. The number of carbonyl (C=O) groups is 1. The standard InChI is InChI=1S/C11H12N2O2S/c1-3-15-10(14)7-16-11-9(6-12)5-4-8(2)13-11/h4-5H,3,7H2,1-2H3. The highest BCUT2D eigenvalue weighted by Gasteiger charge is 2.08. The number of pyridine rings is 1. The Labute approximate surface area is 98.6 Å². The molecule has 1 heterocycles. The first-order valence-corrected chi connectivity index (χ1v) is 5.82. The minimum atomic E-state index is -0.292. The fourth-order valence-electron chi connectivity index (χ4n) is 1.06. The fraction of sp³-hybridized carbons (Fsp3) is 0.364. The number of hydrogen-bond acceptors (Lipinski definition) is 5. The summed E-state index contributed by atoms with van der Waals surface area (Å²) in [6.45, 7) is 3.97. The number of aromatic nitrogens is 1. The lowest BCUT2D eigenvalue weighted by Crippen LogP contribution is -2.07. The Morgan fingerprint density at radius 2 is 2.38 bits per heavy atom. The summed E-state index contributed by atoms with van der Waals surface area (Å²) in [5, 5.41) is 9.44. The van der Waals surface area contributed by atoms with Gasteiger partial charge in [0, 0.05) is 5.69 Å². The Hall–Kier alpha value is -1.54. The molecule has 1 aromatic heterocycles. The van der Waals surface area contributed by atoms with Crippen LogP contribution in [0, 0.1) is 18.3 Å². The lowest BCUT2D eigenvalue weighted by Gasteiger charge is -2.03. The van der Waals surface area contributed by atoms with E-state index in [-0.39, 0.29) is 11.7 Å². The van der Waals surface area contributed by atoms with Gasteiger partial charge in [-0.25, -0.2) is 4.98 Å². The number of hydrogen-bond donors (Lipinski definition) is 0. The molecule has 0 unspecified atom stereocenters. The summed E-state index contributed by atoms with van der Waals surface area (Å²) in [6.07, 6.45) is 0. The molecule has 0 atom stereocenters. The normalized spacial score (nSPS) is 9.56. The predicted molar refractivity (Wildman–Crippen MR) is 61.0 cm³/mol. The second-order valence-electron chi connectivity index (χ2n) is 3.01. The van der Waals surface area contributed by atoms with Gasteiger partial charge in [-0.05, 0) is 26.0 Å². The van der Waals surface area contributed by atoms with Crippen LogP contribution in [0.15, 0.2) is 17.2 Å². The molecule has 1 rings (SSSR count). The van der Waals surface area contributed by atoms with Gasteiger partial charge in [-0.2, -0.15) is 5.26 Å². The van der Waals surface area contributed by atoms with Crippen LogP contribution in [-0.2, 0) is 9.53 Å². The summed E-state index contributed by atoms with van der Waals surface area (Å²) in [4.78, 5) is 15.4. The van der Waals surface area contributed by atoms with Crippen molar-refractivity contribution in [3.8, 4) is 6.07 Å². The molecule has 0 bridgehead atoms. The quantitative estimate of drug-likeness (QED) is 0.590. The number of aryl methyl sites for hydroxylation is 1. The van der Waals surface area contributed by atoms with Crippen LogP contribution in [0.1, 0.15) is 18.2 Å². The van der Waals surface area contributed by atoms with Gasteiger partial charge in [0.2, 0.25) is 0 Å². The van der Waals surface area contributed by atoms with E-state index in [1.54, 1.807) is 19.1 Å². The fourth-order valence-corrected chi connectivity index (χ4v) is 1.87. The van der Waals surface area contributed by atoms with Crippen molar-refractivity contribution < 1.29 is 9.53 Å². The molecule has 1 aromatic rings. The number of carbonyl (C=O) groups excluding carboxylic acids is 1. The van der Waals surface area contributed by atoms with Crippen LogP contribution >= 0.6 is 11.8 Å². The highest BCUT2D eigenvalue weighted by molar-refractivity contribution is 7.99. The Balaban J connectivity index is 2.70. The largest absolute Gasteiger partial charge is 0.465 e. The van der Waals surface area contributed by atoms with Crippen LogP contribution in [0.3, 0.4) is 0 Å². The highest BCUT2D eigenvalue weighted by atomic mass is 32.2. The second kappa shape index (κ2) is 6.13. The first-order chi connectivity index (χ1) is 7.67. The summed E-state index contributed by atoms with van der Waals surface area (Å²) < 4.78 is 4.80. The number of esters is 1.